The minimum Gasteiger partial charge on any atom is -0.383 e. The Labute approximate surface area is 113 Å². The Morgan fingerprint density at radius 1 is 1.42 bits per heavy atom. The standard InChI is InChI=1S/C13H16BN5/c1-2-9-4-3-5-10(6-9)19-13-11(7-18-14)12(15)16-8-17-13/h3-8H,2,14H2,1H3,(H3,15,16,17,19)/b18-7+. The van der Waals surface area contributed by atoms with E-state index in [1.165, 1.54) is 11.9 Å². The number of anilines is 3. The van der Waals surface area contributed by atoms with Crippen LogP contribution in [-0.4, -0.2) is 24.2 Å². The minimum absolute atomic E-state index is 0.412. The Kier molecular flexibility index (Phi) is 4.13. The zero-order chi connectivity index (χ0) is 13.7. The molecule has 2 aromatic rings. The molecule has 3 N–H and O–H groups in total. The van der Waals surface area contributed by atoms with Gasteiger partial charge in [0.05, 0.1) is 5.56 Å². The zero-order valence-corrected chi connectivity index (χ0v) is 11.1. The highest BCUT2D eigenvalue weighted by atomic mass is 15.0. The summed E-state index contributed by atoms with van der Waals surface area (Å²) in [4.78, 5) is 12.2. The van der Waals surface area contributed by atoms with Crippen LogP contribution >= 0.6 is 0 Å². The topological polar surface area (TPSA) is 76.2 Å². The number of hydrogen-bond acceptors (Lipinski definition) is 5. The lowest BCUT2D eigenvalue weighted by Gasteiger charge is -2.10. The van der Waals surface area contributed by atoms with Gasteiger partial charge in [0.15, 0.2) is 0 Å². The number of benzene rings is 1. The SMILES string of the molecule is B/N=C/c1c(N)ncnc1Nc1cccc(CC)c1. The number of nitrogens with two attached hydrogens (primary N) is 1. The van der Waals surface area contributed by atoms with E-state index in [-0.39, 0.29) is 0 Å². The van der Waals surface area contributed by atoms with Crippen molar-refractivity contribution in [1.82, 2.24) is 9.97 Å². The summed E-state index contributed by atoms with van der Waals surface area (Å²) in [5, 5.41) is 3.25. The molecule has 0 amide bonds. The number of rotatable bonds is 4. The van der Waals surface area contributed by atoms with Crippen LogP contribution in [0.2, 0.25) is 0 Å². The summed E-state index contributed by atoms with van der Waals surface area (Å²) >= 11 is 0. The molecule has 0 radical (unpaired) electrons. The largest absolute Gasteiger partial charge is 0.383 e. The van der Waals surface area contributed by atoms with Gasteiger partial charge < -0.3 is 16.0 Å². The van der Waals surface area contributed by atoms with Crippen LogP contribution in [0.4, 0.5) is 17.3 Å². The summed E-state index contributed by atoms with van der Waals surface area (Å²) in [6.07, 6.45) is 4.08. The Morgan fingerprint density at radius 3 is 3.00 bits per heavy atom. The maximum Gasteiger partial charge on any atom is 0.244 e. The Hall–Kier alpha value is -2.37. The third-order valence-electron chi connectivity index (χ3n) is 2.77. The monoisotopic (exact) mass is 253 g/mol. The lowest BCUT2D eigenvalue weighted by molar-refractivity contribution is 1.14. The average molecular weight is 253 g/mol. The average Bonchev–Trinajstić information content (AvgIpc) is 2.43. The summed E-state index contributed by atoms with van der Waals surface area (Å²) in [6, 6.07) is 8.18. The molecule has 2 rings (SSSR count). The quantitative estimate of drug-likeness (QED) is 0.636. The van der Waals surface area contributed by atoms with Gasteiger partial charge >= 0.3 is 0 Å². The van der Waals surface area contributed by atoms with E-state index in [0.717, 1.165) is 12.1 Å². The molecule has 1 heterocycles. The van der Waals surface area contributed by atoms with Crippen molar-refractivity contribution in [3.8, 4) is 0 Å². The van der Waals surface area contributed by atoms with Crippen LogP contribution in [-0.2, 0) is 6.42 Å². The molecular formula is C13H16BN5. The molecular weight excluding hydrogens is 237 g/mol. The van der Waals surface area contributed by atoms with Gasteiger partial charge in [-0.05, 0) is 24.1 Å². The van der Waals surface area contributed by atoms with Crippen LogP contribution < -0.4 is 11.1 Å². The summed E-state index contributed by atoms with van der Waals surface area (Å²) < 4.78 is 0. The van der Waals surface area contributed by atoms with E-state index in [0.29, 0.717) is 17.2 Å². The third-order valence-corrected chi connectivity index (χ3v) is 2.77. The van der Waals surface area contributed by atoms with Gasteiger partial charge in [0.25, 0.3) is 0 Å². The molecule has 0 spiro atoms. The molecule has 0 aliphatic heterocycles. The molecule has 96 valence electrons. The number of nitrogen functional groups attached to an aromatic ring is 1. The molecule has 0 unspecified atom stereocenters. The number of nitrogens with one attached hydrogen (secondary N) is 1. The third kappa shape index (κ3) is 3.10. The van der Waals surface area contributed by atoms with Gasteiger partial charge in [-0.2, -0.15) is 0 Å². The number of nitrogens with zero attached hydrogens (tertiary/aromatic N) is 3. The molecule has 0 bridgehead atoms. The first-order chi connectivity index (χ1) is 9.24. The minimum atomic E-state index is 0.412. The second-order valence-corrected chi connectivity index (χ2v) is 4.09. The van der Waals surface area contributed by atoms with Crippen molar-refractivity contribution in [3.05, 3.63) is 41.7 Å². The van der Waals surface area contributed by atoms with E-state index in [4.69, 9.17) is 5.73 Å². The van der Waals surface area contributed by atoms with E-state index in [2.05, 4.69) is 39.2 Å². The van der Waals surface area contributed by atoms with Crippen molar-refractivity contribution in [2.24, 2.45) is 4.90 Å². The highest BCUT2D eigenvalue weighted by Crippen LogP contribution is 2.21. The summed E-state index contributed by atoms with van der Waals surface area (Å²) in [5.41, 5.74) is 8.77. The van der Waals surface area contributed by atoms with E-state index < -0.39 is 0 Å². The van der Waals surface area contributed by atoms with Crippen molar-refractivity contribution in [3.63, 3.8) is 0 Å². The molecule has 0 aliphatic carbocycles. The molecule has 1 aromatic carbocycles. The molecule has 0 fully saturated rings. The van der Waals surface area contributed by atoms with Crippen molar-refractivity contribution < 1.29 is 0 Å². The van der Waals surface area contributed by atoms with Crippen LogP contribution in [0.3, 0.4) is 0 Å². The lowest BCUT2D eigenvalue weighted by Crippen LogP contribution is -2.05. The van der Waals surface area contributed by atoms with Gasteiger partial charge in [0, 0.05) is 11.9 Å². The first-order valence-corrected chi connectivity index (χ1v) is 6.13. The molecule has 0 aliphatic rings. The maximum absolute atomic E-state index is 5.83. The van der Waals surface area contributed by atoms with Crippen LogP contribution in [0.25, 0.3) is 0 Å². The van der Waals surface area contributed by atoms with Crippen LogP contribution in [0, 0.1) is 0 Å². The van der Waals surface area contributed by atoms with Crippen molar-refractivity contribution in [2.45, 2.75) is 13.3 Å². The smallest absolute Gasteiger partial charge is 0.244 e. The second-order valence-electron chi connectivity index (χ2n) is 4.09. The molecule has 1 aromatic heterocycles. The van der Waals surface area contributed by atoms with Crippen LogP contribution in [0.1, 0.15) is 18.1 Å². The molecule has 5 nitrogen and oxygen atoms in total. The van der Waals surface area contributed by atoms with E-state index in [9.17, 15) is 0 Å². The molecule has 19 heavy (non-hydrogen) atoms. The Balaban J connectivity index is 2.35. The molecule has 0 atom stereocenters. The molecule has 6 heteroatoms. The van der Waals surface area contributed by atoms with E-state index in [1.807, 2.05) is 12.1 Å². The zero-order valence-electron chi connectivity index (χ0n) is 11.1. The van der Waals surface area contributed by atoms with Gasteiger partial charge in [0.2, 0.25) is 7.98 Å². The van der Waals surface area contributed by atoms with Crippen LogP contribution in [0.15, 0.2) is 35.5 Å². The van der Waals surface area contributed by atoms with Crippen LogP contribution in [0.5, 0.6) is 0 Å². The van der Waals surface area contributed by atoms with Gasteiger partial charge in [-0.1, -0.05) is 19.1 Å². The van der Waals surface area contributed by atoms with Crippen molar-refractivity contribution >= 4 is 31.5 Å². The predicted molar refractivity (Wildman–Crippen MR) is 81.7 cm³/mol. The Bertz CT molecular complexity index is 597. The second kappa shape index (κ2) is 5.99. The summed E-state index contributed by atoms with van der Waals surface area (Å²) in [6.45, 7) is 2.12. The van der Waals surface area contributed by atoms with Crippen molar-refractivity contribution in [2.75, 3.05) is 11.1 Å². The molecule has 0 saturated carbocycles. The number of aryl methyl sites for hydroxylation is 1. The first kappa shape index (κ1) is 13.1. The van der Waals surface area contributed by atoms with Gasteiger partial charge in [0.1, 0.15) is 18.0 Å². The fraction of sp³-hybridized carbons (Fsp3) is 0.154. The van der Waals surface area contributed by atoms with Gasteiger partial charge in [-0.15, -0.1) is 0 Å². The number of hydrogen-bond donors (Lipinski definition) is 2. The Morgan fingerprint density at radius 2 is 2.26 bits per heavy atom. The van der Waals surface area contributed by atoms with E-state index in [1.54, 1.807) is 14.2 Å². The van der Waals surface area contributed by atoms with Crippen molar-refractivity contribution in [1.29, 1.82) is 0 Å². The maximum atomic E-state index is 5.83. The number of aromatic nitrogens is 2. The van der Waals surface area contributed by atoms with Gasteiger partial charge in [-0.3, -0.25) is 0 Å². The highest BCUT2D eigenvalue weighted by molar-refractivity contribution is 6.12. The summed E-state index contributed by atoms with van der Waals surface area (Å²) in [5.74, 6) is 1.07. The highest BCUT2D eigenvalue weighted by Gasteiger charge is 2.07. The predicted octanol–water partition coefficient (Wildman–Crippen LogP) is 1.33. The van der Waals surface area contributed by atoms with Gasteiger partial charge in [-0.25, -0.2) is 9.97 Å². The summed E-state index contributed by atoms with van der Waals surface area (Å²) in [7, 11) is 1.69. The normalized spacial score (nSPS) is 10.8. The molecule has 0 saturated heterocycles. The van der Waals surface area contributed by atoms with E-state index >= 15 is 0 Å². The lowest BCUT2D eigenvalue weighted by atomic mass is 10.1. The first-order valence-electron chi connectivity index (χ1n) is 6.13. The fourth-order valence-electron chi connectivity index (χ4n) is 1.77. The fourth-order valence-corrected chi connectivity index (χ4v) is 1.77.